The van der Waals surface area contributed by atoms with Gasteiger partial charge in [-0.3, -0.25) is 0 Å². The summed E-state index contributed by atoms with van der Waals surface area (Å²) < 4.78 is 57.6. The molecule has 138 valence electrons. The summed E-state index contributed by atoms with van der Waals surface area (Å²) in [5.41, 5.74) is 0.458. The molecule has 2 aromatic rings. The first-order valence-electron chi connectivity index (χ1n) is 7.21. The normalized spacial score (nSPS) is 11.7. The first-order valence-corrected chi connectivity index (χ1v) is 9.14. The minimum atomic E-state index is -3.87. The van der Waals surface area contributed by atoms with Crippen LogP contribution in [0.1, 0.15) is 21.5 Å². The van der Waals surface area contributed by atoms with Crippen molar-refractivity contribution >= 4 is 33.7 Å². The fraction of sp³-hybridized carbons (Fsp3) is 0.118. The number of methoxy groups -OCH3 is 1. The van der Waals surface area contributed by atoms with E-state index in [9.17, 15) is 22.0 Å². The van der Waals surface area contributed by atoms with E-state index in [1.807, 2.05) is 0 Å². The molecule has 0 fully saturated rings. The molecule has 26 heavy (non-hydrogen) atoms. The molecule has 0 aromatic heterocycles. The highest BCUT2D eigenvalue weighted by molar-refractivity contribution is 7.92. The maximum Gasteiger partial charge on any atom is 0.337 e. The van der Waals surface area contributed by atoms with Gasteiger partial charge in [-0.1, -0.05) is 23.7 Å². The highest BCUT2D eigenvalue weighted by atomic mass is 35.5. The number of esters is 1. The van der Waals surface area contributed by atoms with Crippen molar-refractivity contribution in [2.45, 2.75) is 6.54 Å². The van der Waals surface area contributed by atoms with Gasteiger partial charge in [-0.05, 0) is 35.9 Å². The number of hydrogen-bond acceptors (Lipinski definition) is 4. The summed E-state index contributed by atoms with van der Waals surface area (Å²) in [5.74, 6) is -2.06. The molecular weight excluding hydrogens is 388 g/mol. The van der Waals surface area contributed by atoms with Gasteiger partial charge in [-0.15, -0.1) is 0 Å². The number of rotatable bonds is 6. The van der Waals surface area contributed by atoms with E-state index >= 15 is 0 Å². The Balaban J connectivity index is 2.06. The average Bonchev–Trinajstić information content (AvgIpc) is 2.61. The first kappa shape index (κ1) is 20.0. The van der Waals surface area contributed by atoms with Gasteiger partial charge < -0.3 is 4.74 Å². The van der Waals surface area contributed by atoms with Gasteiger partial charge in [-0.25, -0.2) is 26.7 Å². The lowest BCUT2D eigenvalue weighted by atomic mass is 10.1. The van der Waals surface area contributed by atoms with Crippen LogP contribution in [0.2, 0.25) is 5.02 Å². The van der Waals surface area contributed by atoms with Gasteiger partial charge in [0.25, 0.3) is 0 Å². The molecule has 0 bridgehead atoms. The van der Waals surface area contributed by atoms with E-state index in [1.165, 1.54) is 37.5 Å². The standard InChI is InChI=1S/C17H14ClF2NO4S/c1-25-17(22)12-3-4-13(16(20)9-12)10-21-26(23,24)7-6-11-2-5-15(19)14(18)8-11/h2-9,21H,10H2,1H3. The fourth-order valence-electron chi connectivity index (χ4n) is 1.95. The topological polar surface area (TPSA) is 72.5 Å². The maximum atomic E-state index is 13.9. The van der Waals surface area contributed by atoms with Gasteiger partial charge in [0.1, 0.15) is 11.6 Å². The van der Waals surface area contributed by atoms with Crippen molar-refractivity contribution in [2.24, 2.45) is 0 Å². The highest BCUT2D eigenvalue weighted by Crippen LogP contribution is 2.17. The summed E-state index contributed by atoms with van der Waals surface area (Å²) in [6, 6.07) is 7.32. The minimum absolute atomic E-state index is 0.0182. The van der Waals surface area contributed by atoms with Gasteiger partial charge in [0.05, 0.1) is 17.7 Å². The second-order valence-electron chi connectivity index (χ2n) is 5.14. The van der Waals surface area contributed by atoms with Gasteiger partial charge in [0.15, 0.2) is 0 Å². The van der Waals surface area contributed by atoms with Crippen LogP contribution in [-0.2, 0) is 21.3 Å². The fourth-order valence-corrected chi connectivity index (χ4v) is 2.92. The van der Waals surface area contributed by atoms with Crippen LogP contribution >= 0.6 is 11.6 Å². The Kier molecular flexibility index (Phi) is 6.47. The molecule has 0 heterocycles. The molecule has 5 nitrogen and oxygen atoms in total. The van der Waals surface area contributed by atoms with E-state index in [1.54, 1.807) is 0 Å². The number of ether oxygens (including phenoxy) is 1. The third-order valence-electron chi connectivity index (χ3n) is 3.32. The molecule has 0 aliphatic heterocycles. The summed E-state index contributed by atoms with van der Waals surface area (Å²) in [5, 5.41) is 0.724. The quantitative estimate of drug-likeness (QED) is 0.752. The van der Waals surface area contributed by atoms with Crippen molar-refractivity contribution in [3.8, 4) is 0 Å². The SMILES string of the molecule is COC(=O)c1ccc(CNS(=O)(=O)C=Cc2ccc(F)c(Cl)c2)c(F)c1. The summed E-state index contributed by atoms with van der Waals surface area (Å²) in [6.07, 6.45) is 1.23. The number of sulfonamides is 1. The molecule has 0 saturated carbocycles. The summed E-state index contributed by atoms with van der Waals surface area (Å²) in [6.45, 7) is -0.315. The van der Waals surface area contributed by atoms with Crippen LogP contribution in [0.15, 0.2) is 41.8 Å². The van der Waals surface area contributed by atoms with Crippen molar-refractivity contribution in [3.05, 3.63) is 75.2 Å². The Morgan fingerprint density at radius 2 is 1.92 bits per heavy atom. The number of benzene rings is 2. The van der Waals surface area contributed by atoms with E-state index in [-0.39, 0.29) is 22.7 Å². The molecular formula is C17H14ClF2NO4S. The molecule has 0 saturated heterocycles. The van der Waals surface area contributed by atoms with Crippen LogP contribution in [0.4, 0.5) is 8.78 Å². The highest BCUT2D eigenvalue weighted by Gasteiger charge is 2.12. The minimum Gasteiger partial charge on any atom is -0.465 e. The third-order valence-corrected chi connectivity index (χ3v) is 4.65. The van der Waals surface area contributed by atoms with Crippen LogP contribution in [0.25, 0.3) is 6.08 Å². The van der Waals surface area contributed by atoms with Crippen LogP contribution in [0.5, 0.6) is 0 Å². The summed E-state index contributed by atoms with van der Waals surface area (Å²) >= 11 is 5.62. The van der Waals surface area contributed by atoms with Crippen LogP contribution in [0, 0.1) is 11.6 Å². The maximum absolute atomic E-state index is 13.9. The Morgan fingerprint density at radius 1 is 1.19 bits per heavy atom. The molecule has 0 radical (unpaired) electrons. The molecule has 1 N–H and O–H groups in total. The lowest BCUT2D eigenvalue weighted by Crippen LogP contribution is -2.21. The first-order chi connectivity index (χ1) is 12.2. The van der Waals surface area contributed by atoms with Crippen LogP contribution in [0.3, 0.4) is 0 Å². The van der Waals surface area contributed by atoms with E-state index < -0.39 is 27.6 Å². The molecule has 0 atom stereocenters. The van der Waals surface area contributed by atoms with Crippen molar-refractivity contribution in [3.63, 3.8) is 0 Å². The van der Waals surface area contributed by atoms with Crippen molar-refractivity contribution in [1.82, 2.24) is 4.72 Å². The molecule has 0 unspecified atom stereocenters. The van der Waals surface area contributed by atoms with Crippen molar-refractivity contribution in [2.75, 3.05) is 7.11 Å². The predicted molar refractivity (Wildman–Crippen MR) is 93.9 cm³/mol. The largest absolute Gasteiger partial charge is 0.465 e. The van der Waals surface area contributed by atoms with E-state index in [0.717, 1.165) is 17.5 Å². The van der Waals surface area contributed by atoms with Gasteiger partial charge in [0.2, 0.25) is 10.0 Å². The van der Waals surface area contributed by atoms with E-state index in [0.29, 0.717) is 5.56 Å². The molecule has 2 rings (SSSR count). The molecule has 9 heteroatoms. The molecule has 0 aliphatic carbocycles. The smallest absolute Gasteiger partial charge is 0.337 e. The Labute approximate surface area is 154 Å². The zero-order valence-electron chi connectivity index (χ0n) is 13.5. The molecule has 0 amide bonds. The predicted octanol–water partition coefficient (Wildman–Crippen LogP) is 3.50. The molecule has 0 spiro atoms. The Morgan fingerprint density at radius 3 is 2.54 bits per heavy atom. The Hall–Kier alpha value is -2.29. The Bertz CT molecular complexity index is 961. The van der Waals surface area contributed by atoms with Crippen LogP contribution < -0.4 is 4.72 Å². The number of halogens is 3. The van der Waals surface area contributed by atoms with E-state index in [4.69, 9.17) is 11.6 Å². The lowest BCUT2D eigenvalue weighted by Gasteiger charge is -2.06. The number of carbonyl (C=O) groups is 1. The van der Waals surface area contributed by atoms with Crippen molar-refractivity contribution < 1.29 is 26.7 Å². The molecule has 0 aliphatic rings. The third kappa shape index (κ3) is 5.35. The summed E-state index contributed by atoms with van der Waals surface area (Å²) in [7, 11) is -2.70. The number of carbonyl (C=O) groups excluding carboxylic acids is 1. The molecule has 2 aromatic carbocycles. The lowest BCUT2D eigenvalue weighted by molar-refractivity contribution is 0.0600. The van der Waals surface area contributed by atoms with Gasteiger partial charge >= 0.3 is 5.97 Å². The average molecular weight is 402 g/mol. The second-order valence-corrected chi connectivity index (χ2v) is 7.20. The van der Waals surface area contributed by atoms with Crippen molar-refractivity contribution in [1.29, 1.82) is 0 Å². The zero-order chi connectivity index (χ0) is 19.3. The van der Waals surface area contributed by atoms with Gasteiger partial charge in [0, 0.05) is 17.5 Å². The number of hydrogen-bond donors (Lipinski definition) is 1. The summed E-state index contributed by atoms with van der Waals surface area (Å²) in [4.78, 5) is 11.3. The zero-order valence-corrected chi connectivity index (χ0v) is 15.1. The van der Waals surface area contributed by atoms with Gasteiger partial charge in [-0.2, -0.15) is 0 Å². The monoisotopic (exact) mass is 401 g/mol. The second kappa shape index (κ2) is 8.39. The number of nitrogens with one attached hydrogen (secondary N) is 1. The van der Waals surface area contributed by atoms with Crippen LogP contribution in [-0.4, -0.2) is 21.5 Å². The van der Waals surface area contributed by atoms with E-state index in [2.05, 4.69) is 9.46 Å².